The van der Waals surface area contributed by atoms with E-state index in [-0.39, 0.29) is 0 Å². The molecule has 0 aromatic carbocycles. The Bertz CT molecular complexity index is 248. The Morgan fingerprint density at radius 3 is 2.92 bits per heavy atom. The van der Waals surface area contributed by atoms with E-state index in [2.05, 4.69) is 31.1 Å². The molecule has 1 atom stereocenters. The second kappa shape index (κ2) is 3.28. The summed E-state index contributed by atoms with van der Waals surface area (Å²) >= 11 is 0. The van der Waals surface area contributed by atoms with Crippen LogP contribution in [-0.2, 0) is 0 Å². The van der Waals surface area contributed by atoms with E-state index in [1.165, 1.54) is 25.0 Å². The van der Waals surface area contributed by atoms with Crippen LogP contribution in [0.2, 0.25) is 0 Å². The van der Waals surface area contributed by atoms with Crippen molar-refractivity contribution >= 4 is 6.21 Å². The summed E-state index contributed by atoms with van der Waals surface area (Å²) in [6.07, 6.45) is 11.0. The minimum absolute atomic E-state index is 0.425. The van der Waals surface area contributed by atoms with Gasteiger partial charge in [-0.3, -0.25) is 4.99 Å². The van der Waals surface area contributed by atoms with Crippen molar-refractivity contribution in [2.24, 2.45) is 16.3 Å². The van der Waals surface area contributed by atoms with Crippen LogP contribution in [0.1, 0.15) is 46.0 Å². The zero-order valence-electron chi connectivity index (χ0n) is 8.71. The smallest absolute Gasteiger partial charge is 0.0362 e. The Balaban J connectivity index is 2.04. The molecule has 1 saturated carbocycles. The van der Waals surface area contributed by atoms with Crippen molar-refractivity contribution in [1.29, 1.82) is 0 Å². The summed E-state index contributed by atoms with van der Waals surface area (Å²) in [5, 5.41) is 0. The van der Waals surface area contributed by atoms with Crippen molar-refractivity contribution in [1.82, 2.24) is 0 Å². The van der Waals surface area contributed by atoms with Gasteiger partial charge in [0.15, 0.2) is 0 Å². The van der Waals surface area contributed by atoms with Crippen LogP contribution in [0, 0.1) is 11.3 Å². The zero-order chi connectivity index (χ0) is 9.31. The van der Waals surface area contributed by atoms with Crippen LogP contribution in [0.15, 0.2) is 16.8 Å². The fourth-order valence-corrected chi connectivity index (χ4v) is 2.19. The molecule has 72 valence electrons. The van der Waals surface area contributed by atoms with Gasteiger partial charge < -0.3 is 0 Å². The number of rotatable bonds is 3. The third-order valence-electron chi connectivity index (χ3n) is 3.14. The van der Waals surface area contributed by atoms with E-state index in [4.69, 9.17) is 0 Å². The van der Waals surface area contributed by atoms with Gasteiger partial charge in [0.05, 0.1) is 0 Å². The molecule has 0 aromatic heterocycles. The Morgan fingerprint density at radius 2 is 2.31 bits per heavy atom. The molecule has 2 aliphatic rings. The van der Waals surface area contributed by atoms with Gasteiger partial charge in [-0.05, 0) is 30.6 Å². The standard InChI is InChI=1S/C12H19N/c1-3-11-9-12(2,6-7-13-11)8-10-4-5-10/h7,9-10H,3-6,8H2,1-2H3. The molecule has 0 amide bonds. The molecule has 1 aliphatic carbocycles. The summed E-state index contributed by atoms with van der Waals surface area (Å²) in [5.41, 5.74) is 1.71. The highest BCUT2D eigenvalue weighted by Crippen LogP contribution is 2.44. The lowest BCUT2D eigenvalue weighted by Gasteiger charge is -2.27. The largest absolute Gasteiger partial charge is 0.266 e. The van der Waals surface area contributed by atoms with Crippen LogP contribution in [0.3, 0.4) is 0 Å². The summed E-state index contributed by atoms with van der Waals surface area (Å²) in [6.45, 7) is 4.57. The third-order valence-corrected chi connectivity index (χ3v) is 3.14. The van der Waals surface area contributed by atoms with Crippen LogP contribution in [0.5, 0.6) is 0 Å². The third kappa shape index (κ3) is 2.20. The minimum atomic E-state index is 0.425. The van der Waals surface area contributed by atoms with Crippen molar-refractivity contribution in [3.8, 4) is 0 Å². The van der Waals surface area contributed by atoms with E-state index in [0.29, 0.717) is 5.41 Å². The molecular weight excluding hydrogens is 158 g/mol. The highest BCUT2D eigenvalue weighted by atomic mass is 14.7. The van der Waals surface area contributed by atoms with E-state index in [9.17, 15) is 0 Å². The van der Waals surface area contributed by atoms with Gasteiger partial charge in [-0.15, -0.1) is 0 Å². The van der Waals surface area contributed by atoms with Crippen LogP contribution >= 0.6 is 0 Å². The summed E-state index contributed by atoms with van der Waals surface area (Å²) in [6, 6.07) is 0. The molecule has 1 fully saturated rings. The summed E-state index contributed by atoms with van der Waals surface area (Å²) in [5.74, 6) is 1.02. The van der Waals surface area contributed by atoms with Crippen molar-refractivity contribution in [2.45, 2.75) is 46.0 Å². The van der Waals surface area contributed by atoms with Crippen LogP contribution < -0.4 is 0 Å². The Hall–Kier alpha value is -0.590. The first-order chi connectivity index (χ1) is 6.22. The van der Waals surface area contributed by atoms with E-state index >= 15 is 0 Å². The lowest BCUT2D eigenvalue weighted by Crippen LogP contribution is -2.18. The van der Waals surface area contributed by atoms with Gasteiger partial charge in [-0.1, -0.05) is 32.8 Å². The van der Waals surface area contributed by atoms with Gasteiger partial charge in [0.1, 0.15) is 0 Å². The fourth-order valence-electron chi connectivity index (χ4n) is 2.19. The van der Waals surface area contributed by atoms with Crippen molar-refractivity contribution < 1.29 is 0 Å². The van der Waals surface area contributed by atoms with Crippen LogP contribution in [0.4, 0.5) is 0 Å². The van der Waals surface area contributed by atoms with Crippen LogP contribution in [-0.4, -0.2) is 6.21 Å². The molecule has 0 spiro atoms. The van der Waals surface area contributed by atoms with E-state index < -0.39 is 0 Å². The van der Waals surface area contributed by atoms with Gasteiger partial charge >= 0.3 is 0 Å². The van der Waals surface area contributed by atoms with Gasteiger partial charge in [-0.25, -0.2) is 0 Å². The molecule has 13 heavy (non-hydrogen) atoms. The molecule has 0 radical (unpaired) electrons. The maximum atomic E-state index is 4.41. The summed E-state index contributed by atoms with van der Waals surface area (Å²) in [7, 11) is 0. The first kappa shape index (κ1) is 8.98. The summed E-state index contributed by atoms with van der Waals surface area (Å²) in [4.78, 5) is 4.41. The van der Waals surface area contributed by atoms with E-state index in [1.807, 2.05) is 0 Å². The van der Waals surface area contributed by atoms with E-state index in [0.717, 1.165) is 18.8 Å². The topological polar surface area (TPSA) is 12.4 Å². The molecule has 1 unspecified atom stereocenters. The van der Waals surface area contributed by atoms with Gasteiger partial charge in [0, 0.05) is 11.9 Å². The molecule has 0 aromatic rings. The van der Waals surface area contributed by atoms with Crippen molar-refractivity contribution in [2.75, 3.05) is 0 Å². The lowest BCUT2D eigenvalue weighted by molar-refractivity contribution is 0.377. The average molecular weight is 177 g/mol. The Kier molecular flexibility index (Phi) is 2.27. The van der Waals surface area contributed by atoms with Gasteiger partial charge in [-0.2, -0.15) is 0 Å². The molecule has 1 heterocycles. The molecule has 2 rings (SSSR count). The molecule has 1 nitrogen and oxygen atoms in total. The molecular formula is C12H19N. The number of hydrogen-bond donors (Lipinski definition) is 0. The fraction of sp³-hybridized carbons (Fsp3) is 0.750. The molecule has 1 aliphatic heterocycles. The van der Waals surface area contributed by atoms with Crippen LogP contribution in [0.25, 0.3) is 0 Å². The minimum Gasteiger partial charge on any atom is -0.266 e. The number of allylic oxidation sites excluding steroid dienone is 2. The number of nitrogens with zero attached hydrogens (tertiary/aromatic N) is 1. The van der Waals surface area contributed by atoms with E-state index in [1.54, 1.807) is 0 Å². The highest BCUT2D eigenvalue weighted by Gasteiger charge is 2.32. The van der Waals surface area contributed by atoms with Gasteiger partial charge in [0.2, 0.25) is 0 Å². The van der Waals surface area contributed by atoms with Crippen molar-refractivity contribution in [3.05, 3.63) is 11.8 Å². The molecule has 0 N–H and O–H groups in total. The Morgan fingerprint density at radius 1 is 1.54 bits per heavy atom. The SMILES string of the molecule is CCC1=CC(C)(CC2CC2)CC=N1. The normalized spacial score (nSPS) is 33.2. The Labute approximate surface area is 80.9 Å². The molecule has 0 bridgehead atoms. The van der Waals surface area contributed by atoms with Crippen molar-refractivity contribution in [3.63, 3.8) is 0 Å². The molecule has 0 saturated heterocycles. The monoisotopic (exact) mass is 177 g/mol. The van der Waals surface area contributed by atoms with Gasteiger partial charge in [0.25, 0.3) is 0 Å². The maximum absolute atomic E-state index is 4.41. The molecule has 1 heteroatoms. The summed E-state index contributed by atoms with van der Waals surface area (Å²) < 4.78 is 0. The lowest BCUT2D eigenvalue weighted by atomic mass is 9.79. The predicted molar refractivity (Wildman–Crippen MR) is 56.9 cm³/mol. The second-order valence-electron chi connectivity index (χ2n) is 4.81. The average Bonchev–Trinajstić information content (AvgIpc) is 2.87. The predicted octanol–water partition coefficient (Wildman–Crippen LogP) is 3.56. The number of aliphatic imine (C=N–C) groups is 1. The maximum Gasteiger partial charge on any atom is 0.0362 e. The zero-order valence-corrected chi connectivity index (χ0v) is 8.71. The number of hydrogen-bond acceptors (Lipinski definition) is 1. The first-order valence-corrected chi connectivity index (χ1v) is 5.46. The second-order valence-corrected chi connectivity index (χ2v) is 4.81. The quantitative estimate of drug-likeness (QED) is 0.625. The highest BCUT2D eigenvalue weighted by molar-refractivity contribution is 5.62. The first-order valence-electron chi connectivity index (χ1n) is 5.46.